The van der Waals surface area contributed by atoms with Gasteiger partial charge in [0.1, 0.15) is 0 Å². The van der Waals surface area contributed by atoms with E-state index in [2.05, 4.69) is 12.2 Å². The molecular formula is C12H19NO2. The summed E-state index contributed by atoms with van der Waals surface area (Å²) in [6, 6.07) is 0. The van der Waals surface area contributed by atoms with Crippen LogP contribution in [-0.4, -0.2) is 11.8 Å². The summed E-state index contributed by atoms with van der Waals surface area (Å²) in [6.45, 7) is 2.27. The smallest absolute Gasteiger partial charge is 0.227 e. The molecule has 1 aliphatic carbocycles. The predicted octanol–water partition coefficient (Wildman–Crippen LogP) is 2.01. The number of imide groups is 1. The van der Waals surface area contributed by atoms with Crippen molar-refractivity contribution in [1.29, 1.82) is 0 Å². The molecular weight excluding hydrogens is 190 g/mol. The van der Waals surface area contributed by atoms with Gasteiger partial charge in [-0.05, 0) is 24.2 Å². The molecule has 0 aromatic heterocycles. The first kappa shape index (κ1) is 10.7. The van der Waals surface area contributed by atoms with E-state index < -0.39 is 0 Å². The Hall–Kier alpha value is -0.860. The first-order valence-corrected chi connectivity index (χ1v) is 5.92. The lowest BCUT2D eigenvalue weighted by molar-refractivity contribution is -0.138. The van der Waals surface area contributed by atoms with Gasteiger partial charge in [0.15, 0.2) is 0 Å². The summed E-state index contributed by atoms with van der Waals surface area (Å²) >= 11 is 0. The number of hydrogen-bond acceptors (Lipinski definition) is 2. The Labute approximate surface area is 90.6 Å². The molecule has 2 aliphatic rings. The van der Waals surface area contributed by atoms with Crippen LogP contribution in [0.3, 0.4) is 0 Å². The van der Waals surface area contributed by atoms with Gasteiger partial charge in [0.25, 0.3) is 0 Å². The summed E-state index contributed by atoms with van der Waals surface area (Å²) in [5.41, 5.74) is 0.00414. The van der Waals surface area contributed by atoms with Gasteiger partial charge in [0.2, 0.25) is 11.8 Å². The van der Waals surface area contributed by atoms with Crippen molar-refractivity contribution in [3.8, 4) is 0 Å². The summed E-state index contributed by atoms with van der Waals surface area (Å²) in [5.74, 6) is 0.617. The third kappa shape index (κ3) is 2.39. The molecule has 1 unspecified atom stereocenters. The molecule has 84 valence electrons. The quantitative estimate of drug-likeness (QED) is 0.620. The highest BCUT2D eigenvalue weighted by Gasteiger charge is 2.40. The Kier molecular flexibility index (Phi) is 2.81. The summed E-state index contributed by atoms with van der Waals surface area (Å²) in [6.07, 6.45) is 6.81. The lowest BCUT2D eigenvalue weighted by atomic mass is 9.72. The highest BCUT2D eigenvalue weighted by atomic mass is 16.2. The summed E-state index contributed by atoms with van der Waals surface area (Å²) in [5, 5.41) is 2.40. The number of rotatable bonds is 0. The molecule has 0 aromatic rings. The van der Waals surface area contributed by atoms with E-state index >= 15 is 0 Å². The second-order valence-electron chi connectivity index (χ2n) is 5.36. The summed E-state index contributed by atoms with van der Waals surface area (Å²) in [7, 11) is 0. The van der Waals surface area contributed by atoms with Crippen LogP contribution < -0.4 is 5.32 Å². The van der Waals surface area contributed by atoms with E-state index in [0.717, 1.165) is 18.8 Å². The molecule has 0 aromatic carbocycles. The van der Waals surface area contributed by atoms with Gasteiger partial charge in [-0.25, -0.2) is 0 Å². The maximum absolute atomic E-state index is 11.4. The fraction of sp³-hybridized carbons (Fsp3) is 0.833. The number of nitrogens with one attached hydrogen (secondary N) is 1. The van der Waals surface area contributed by atoms with Crippen molar-refractivity contribution in [2.45, 2.75) is 51.9 Å². The molecule has 3 heteroatoms. The Morgan fingerprint density at radius 3 is 2.47 bits per heavy atom. The van der Waals surface area contributed by atoms with Crippen LogP contribution in [0.5, 0.6) is 0 Å². The summed E-state index contributed by atoms with van der Waals surface area (Å²) < 4.78 is 0. The zero-order valence-corrected chi connectivity index (χ0v) is 9.34. The lowest BCUT2D eigenvalue weighted by Crippen LogP contribution is -2.44. The average molecular weight is 209 g/mol. The second kappa shape index (κ2) is 3.95. The molecule has 15 heavy (non-hydrogen) atoms. The maximum Gasteiger partial charge on any atom is 0.227 e. The van der Waals surface area contributed by atoms with Crippen LogP contribution in [0.4, 0.5) is 0 Å². The Morgan fingerprint density at radius 1 is 1.13 bits per heavy atom. The standard InChI is InChI=1S/C12H19NO2/c1-9-3-2-5-12(6-4-9)7-10(14)13-11(15)8-12/h9H,2-8H2,1H3,(H,13,14,15). The number of hydrogen-bond donors (Lipinski definition) is 1. The van der Waals surface area contributed by atoms with Crippen molar-refractivity contribution < 1.29 is 9.59 Å². The van der Waals surface area contributed by atoms with Crippen LogP contribution >= 0.6 is 0 Å². The molecule has 1 saturated heterocycles. The van der Waals surface area contributed by atoms with E-state index in [1.165, 1.54) is 19.3 Å². The van der Waals surface area contributed by atoms with Gasteiger partial charge in [-0.15, -0.1) is 0 Å². The van der Waals surface area contributed by atoms with Crippen LogP contribution in [0.1, 0.15) is 51.9 Å². The molecule has 3 nitrogen and oxygen atoms in total. The van der Waals surface area contributed by atoms with Crippen molar-refractivity contribution in [1.82, 2.24) is 5.32 Å². The topological polar surface area (TPSA) is 46.2 Å². The zero-order chi connectivity index (χ0) is 10.9. The first-order chi connectivity index (χ1) is 7.10. The minimum absolute atomic E-state index is 0.00414. The predicted molar refractivity (Wildman–Crippen MR) is 57.1 cm³/mol. The normalized spacial score (nSPS) is 31.1. The molecule has 0 bridgehead atoms. The van der Waals surface area contributed by atoms with E-state index in [1.807, 2.05) is 0 Å². The number of piperidine rings is 1. The summed E-state index contributed by atoms with van der Waals surface area (Å²) in [4.78, 5) is 22.8. The molecule has 1 N–H and O–H groups in total. The average Bonchev–Trinajstić information content (AvgIpc) is 2.28. The maximum atomic E-state index is 11.4. The van der Waals surface area contributed by atoms with E-state index in [0.29, 0.717) is 12.8 Å². The molecule has 2 rings (SSSR count). The van der Waals surface area contributed by atoms with E-state index in [9.17, 15) is 9.59 Å². The van der Waals surface area contributed by atoms with Gasteiger partial charge in [-0.3, -0.25) is 14.9 Å². The van der Waals surface area contributed by atoms with Gasteiger partial charge < -0.3 is 0 Å². The van der Waals surface area contributed by atoms with Crippen LogP contribution in [-0.2, 0) is 9.59 Å². The van der Waals surface area contributed by atoms with Gasteiger partial charge in [0, 0.05) is 12.8 Å². The van der Waals surface area contributed by atoms with Crippen molar-refractivity contribution in [2.24, 2.45) is 11.3 Å². The monoisotopic (exact) mass is 209 g/mol. The Balaban J connectivity index is 2.10. The van der Waals surface area contributed by atoms with Crippen molar-refractivity contribution in [3.05, 3.63) is 0 Å². The van der Waals surface area contributed by atoms with Gasteiger partial charge in [-0.2, -0.15) is 0 Å². The highest BCUT2D eigenvalue weighted by Crippen LogP contribution is 2.43. The molecule has 2 amide bonds. The van der Waals surface area contributed by atoms with Crippen LogP contribution in [0.25, 0.3) is 0 Å². The fourth-order valence-electron chi connectivity index (χ4n) is 2.99. The second-order valence-corrected chi connectivity index (χ2v) is 5.36. The van der Waals surface area contributed by atoms with Crippen molar-refractivity contribution >= 4 is 11.8 Å². The number of carbonyl (C=O) groups is 2. The van der Waals surface area contributed by atoms with Gasteiger partial charge >= 0.3 is 0 Å². The van der Waals surface area contributed by atoms with E-state index in [1.54, 1.807) is 0 Å². The van der Waals surface area contributed by atoms with Gasteiger partial charge in [0.05, 0.1) is 0 Å². The molecule has 1 spiro atoms. The Bertz CT molecular complexity index is 269. The van der Waals surface area contributed by atoms with E-state index in [4.69, 9.17) is 0 Å². The number of carbonyl (C=O) groups excluding carboxylic acids is 2. The lowest BCUT2D eigenvalue weighted by Gasteiger charge is -2.35. The zero-order valence-electron chi connectivity index (χ0n) is 9.34. The molecule has 1 saturated carbocycles. The van der Waals surface area contributed by atoms with Crippen LogP contribution in [0.2, 0.25) is 0 Å². The SMILES string of the molecule is CC1CCCC2(CC1)CC(=O)NC(=O)C2. The molecule has 0 radical (unpaired) electrons. The minimum Gasteiger partial charge on any atom is -0.296 e. The van der Waals surface area contributed by atoms with E-state index in [-0.39, 0.29) is 17.2 Å². The molecule has 1 atom stereocenters. The van der Waals surface area contributed by atoms with Crippen LogP contribution in [0.15, 0.2) is 0 Å². The van der Waals surface area contributed by atoms with Crippen molar-refractivity contribution in [3.63, 3.8) is 0 Å². The highest BCUT2D eigenvalue weighted by molar-refractivity contribution is 5.98. The van der Waals surface area contributed by atoms with Crippen molar-refractivity contribution in [2.75, 3.05) is 0 Å². The minimum atomic E-state index is -0.0687. The Morgan fingerprint density at radius 2 is 1.80 bits per heavy atom. The molecule has 1 heterocycles. The molecule has 2 fully saturated rings. The van der Waals surface area contributed by atoms with Crippen LogP contribution in [0, 0.1) is 11.3 Å². The van der Waals surface area contributed by atoms with Gasteiger partial charge in [-0.1, -0.05) is 26.2 Å². The molecule has 1 aliphatic heterocycles. The largest absolute Gasteiger partial charge is 0.296 e. The number of amides is 2. The fourth-order valence-corrected chi connectivity index (χ4v) is 2.99. The third-order valence-electron chi connectivity index (χ3n) is 3.92. The first-order valence-electron chi connectivity index (χ1n) is 5.92. The third-order valence-corrected chi connectivity index (χ3v) is 3.92.